The Kier molecular flexibility index (Phi) is 5.11. The molecule has 0 amide bonds. The van der Waals surface area contributed by atoms with Crippen LogP contribution in [0.5, 0.6) is 0 Å². The number of hydrogen-bond donors (Lipinski definition) is 2. The highest BCUT2D eigenvalue weighted by molar-refractivity contribution is 7.99. The molecule has 0 aliphatic carbocycles. The molecular formula is C15H16F2N2S. The molecule has 2 rings (SSSR count). The van der Waals surface area contributed by atoms with Gasteiger partial charge in [0, 0.05) is 16.2 Å². The highest BCUT2D eigenvalue weighted by Gasteiger charge is 2.17. The van der Waals surface area contributed by atoms with E-state index in [4.69, 9.17) is 5.84 Å². The summed E-state index contributed by atoms with van der Waals surface area (Å²) < 4.78 is 27.0. The predicted octanol–water partition coefficient (Wildman–Crippen LogP) is 3.57. The van der Waals surface area contributed by atoms with Crippen molar-refractivity contribution in [3.8, 4) is 0 Å². The number of nitrogens with two attached hydrogens (primary N) is 1. The molecule has 5 heteroatoms. The third-order valence-electron chi connectivity index (χ3n) is 2.96. The Hall–Kier alpha value is -1.43. The Balaban J connectivity index is 2.11. The van der Waals surface area contributed by atoms with E-state index >= 15 is 0 Å². The molecule has 2 aromatic rings. The average molecular weight is 294 g/mol. The van der Waals surface area contributed by atoms with Crippen LogP contribution in [0.15, 0.2) is 47.4 Å². The Bertz CT molecular complexity index is 590. The molecule has 0 aliphatic heterocycles. The van der Waals surface area contributed by atoms with Gasteiger partial charge in [-0.15, -0.1) is 11.8 Å². The smallest absolute Gasteiger partial charge is 0.163 e. The first-order chi connectivity index (χ1) is 9.61. The molecule has 0 heterocycles. The van der Waals surface area contributed by atoms with Gasteiger partial charge in [0.15, 0.2) is 11.6 Å². The lowest BCUT2D eigenvalue weighted by atomic mass is 10.1. The highest BCUT2D eigenvalue weighted by atomic mass is 32.2. The number of halogens is 2. The van der Waals surface area contributed by atoms with Crippen molar-refractivity contribution in [2.45, 2.75) is 17.9 Å². The summed E-state index contributed by atoms with van der Waals surface area (Å²) in [5.74, 6) is 4.27. The molecule has 20 heavy (non-hydrogen) atoms. The van der Waals surface area contributed by atoms with E-state index in [1.165, 1.54) is 6.07 Å². The van der Waals surface area contributed by atoms with Gasteiger partial charge in [-0.1, -0.05) is 29.8 Å². The van der Waals surface area contributed by atoms with Crippen molar-refractivity contribution in [3.63, 3.8) is 0 Å². The first kappa shape index (κ1) is 15.0. The first-order valence-electron chi connectivity index (χ1n) is 6.21. The molecule has 1 atom stereocenters. The number of nitrogens with one attached hydrogen (secondary N) is 1. The van der Waals surface area contributed by atoms with E-state index in [-0.39, 0.29) is 5.56 Å². The minimum absolute atomic E-state index is 0.243. The SMILES string of the molecule is Cc1cccc(SCC(NN)c2cccc(F)c2F)c1. The number of thioether (sulfide) groups is 1. The van der Waals surface area contributed by atoms with Crippen LogP contribution in [0.25, 0.3) is 0 Å². The molecule has 0 saturated heterocycles. The van der Waals surface area contributed by atoms with Crippen molar-refractivity contribution >= 4 is 11.8 Å². The molecule has 1 unspecified atom stereocenters. The van der Waals surface area contributed by atoms with Gasteiger partial charge in [0.1, 0.15) is 0 Å². The van der Waals surface area contributed by atoms with Crippen LogP contribution in [0, 0.1) is 18.6 Å². The van der Waals surface area contributed by atoms with Crippen molar-refractivity contribution in [2.24, 2.45) is 5.84 Å². The number of rotatable bonds is 5. The van der Waals surface area contributed by atoms with Crippen molar-refractivity contribution < 1.29 is 8.78 Å². The van der Waals surface area contributed by atoms with Crippen LogP contribution in [0.2, 0.25) is 0 Å². The largest absolute Gasteiger partial charge is 0.271 e. The first-order valence-corrected chi connectivity index (χ1v) is 7.20. The zero-order chi connectivity index (χ0) is 14.5. The lowest BCUT2D eigenvalue weighted by molar-refractivity contribution is 0.478. The summed E-state index contributed by atoms with van der Waals surface area (Å²) in [5, 5.41) is 0. The molecule has 0 bridgehead atoms. The van der Waals surface area contributed by atoms with Crippen LogP contribution < -0.4 is 11.3 Å². The summed E-state index contributed by atoms with van der Waals surface area (Å²) in [5.41, 5.74) is 3.94. The maximum absolute atomic E-state index is 13.7. The van der Waals surface area contributed by atoms with Crippen LogP contribution >= 0.6 is 11.8 Å². The van der Waals surface area contributed by atoms with E-state index in [9.17, 15) is 8.78 Å². The molecule has 0 aliphatic rings. The normalized spacial score (nSPS) is 12.4. The third-order valence-corrected chi connectivity index (χ3v) is 4.05. The minimum Gasteiger partial charge on any atom is -0.271 e. The van der Waals surface area contributed by atoms with E-state index in [1.54, 1.807) is 17.8 Å². The standard InChI is InChI=1S/C15H16F2N2S/c1-10-4-2-5-11(8-10)20-9-14(19-18)12-6-3-7-13(16)15(12)17/h2-8,14,19H,9,18H2,1H3. The average Bonchev–Trinajstić information content (AvgIpc) is 2.44. The summed E-state index contributed by atoms with van der Waals surface area (Å²) >= 11 is 1.55. The Labute approximate surface area is 121 Å². The molecule has 3 N–H and O–H groups in total. The molecule has 0 fully saturated rings. The van der Waals surface area contributed by atoms with Gasteiger partial charge < -0.3 is 0 Å². The lowest BCUT2D eigenvalue weighted by Crippen LogP contribution is -2.30. The second kappa shape index (κ2) is 6.83. The van der Waals surface area contributed by atoms with Crippen molar-refractivity contribution in [2.75, 3.05) is 5.75 Å². The monoisotopic (exact) mass is 294 g/mol. The zero-order valence-electron chi connectivity index (χ0n) is 11.1. The van der Waals surface area contributed by atoms with Crippen LogP contribution in [0.3, 0.4) is 0 Å². The molecule has 106 valence electrons. The molecule has 0 radical (unpaired) electrons. The molecule has 0 saturated carbocycles. The van der Waals surface area contributed by atoms with E-state index in [2.05, 4.69) is 5.43 Å². The van der Waals surface area contributed by atoms with Crippen molar-refractivity contribution in [1.82, 2.24) is 5.43 Å². The van der Waals surface area contributed by atoms with Gasteiger partial charge in [-0.05, 0) is 25.1 Å². The van der Waals surface area contributed by atoms with Gasteiger partial charge in [0.25, 0.3) is 0 Å². The molecule has 0 spiro atoms. The summed E-state index contributed by atoms with van der Waals surface area (Å²) in [7, 11) is 0. The number of hydrogen-bond acceptors (Lipinski definition) is 3. The van der Waals surface area contributed by atoms with Gasteiger partial charge in [-0.3, -0.25) is 11.3 Å². The van der Waals surface area contributed by atoms with Crippen LogP contribution in [0.1, 0.15) is 17.2 Å². The predicted molar refractivity (Wildman–Crippen MR) is 78.3 cm³/mol. The molecular weight excluding hydrogens is 278 g/mol. The van der Waals surface area contributed by atoms with E-state index in [1.807, 2.05) is 31.2 Å². The van der Waals surface area contributed by atoms with Gasteiger partial charge in [0.05, 0.1) is 6.04 Å². The van der Waals surface area contributed by atoms with Crippen LogP contribution in [-0.2, 0) is 0 Å². The van der Waals surface area contributed by atoms with Crippen LogP contribution in [-0.4, -0.2) is 5.75 Å². The van der Waals surface area contributed by atoms with E-state index in [0.717, 1.165) is 16.5 Å². The van der Waals surface area contributed by atoms with Gasteiger partial charge in [-0.2, -0.15) is 0 Å². The number of benzene rings is 2. The molecule has 2 nitrogen and oxygen atoms in total. The lowest BCUT2D eigenvalue weighted by Gasteiger charge is -2.17. The quantitative estimate of drug-likeness (QED) is 0.503. The van der Waals surface area contributed by atoms with Crippen LogP contribution in [0.4, 0.5) is 8.78 Å². The van der Waals surface area contributed by atoms with E-state index < -0.39 is 17.7 Å². The Morgan fingerprint density at radius 1 is 1.20 bits per heavy atom. The summed E-state index contributed by atoms with van der Waals surface area (Å²) in [6.45, 7) is 2.01. The fraction of sp³-hybridized carbons (Fsp3) is 0.200. The molecule has 0 aromatic heterocycles. The summed E-state index contributed by atoms with van der Waals surface area (Å²) in [6.07, 6.45) is 0. The fourth-order valence-electron chi connectivity index (χ4n) is 1.90. The van der Waals surface area contributed by atoms with Crippen molar-refractivity contribution in [1.29, 1.82) is 0 Å². The fourth-order valence-corrected chi connectivity index (χ4v) is 2.98. The Morgan fingerprint density at radius 2 is 1.95 bits per heavy atom. The highest BCUT2D eigenvalue weighted by Crippen LogP contribution is 2.27. The molecule has 2 aromatic carbocycles. The summed E-state index contributed by atoms with van der Waals surface area (Å²) in [4.78, 5) is 1.07. The Morgan fingerprint density at radius 3 is 2.65 bits per heavy atom. The second-order valence-corrected chi connectivity index (χ2v) is 5.58. The topological polar surface area (TPSA) is 38.0 Å². The zero-order valence-corrected chi connectivity index (χ0v) is 11.9. The van der Waals surface area contributed by atoms with E-state index in [0.29, 0.717) is 5.75 Å². The second-order valence-electron chi connectivity index (χ2n) is 4.49. The number of hydrazine groups is 1. The number of aryl methyl sites for hydroxylation is 1. The maximum Gasteiger partial charge on any atom is 0.163 e. The van der Waals surface area contributed by atoms with Gasteiger partial charge >= 0.3 is 0 Å². The summed E-state index contributed by atoms with van der Waals surface area (Å²) in [6, 6.07) is 11.7. The van der Waals surface area contributed by atoms with Crippen molar-refractivity contribution in [3.05, 3.63) is 65.2 Å². The van der Waals surface area contributed by atoms with Gasteiger partial charge in [-0.25, -0.2) is 8.78 Å². The third kappa shape index (κ3) is 3.56. The van der Waals surface area contributed by atoms with Gasteiger partial charge in [0.2, 0.25) is 0 Å². The minimum atomic E-state index is -0.858. The maximum atomic E-state index is 13.7.